The summed E-state index contributed by atoms with van der Waals surface area (Å²) in [5.41, 5.74) is 0.879. The molecule has 0 heterocycles. The van der Waals surface area contributed by atoms with E-state index in [1.165, 1.54) is 25.2 Å². The van der Waals surface area contributed by atoms with E-state index in [1.807, 2.05) is 6.92 Å². The maximum Gasteiger partial charge on any atom is 0.247 e. The number of benzene rings is 1. The second kappa shape index (κ2) is 8.44. The van der Waals surface area contributed by atoms with E-state index < -0.39 is 15.9 Å². The van der Waals surface area contributed by atoms with Gasteiger partial charge in [-0.05, 0) is 38.6 Å². The average Bonchev–Trinajstić information content (AvgIpc) is 2.53. The number of amides is 2. The lowest BCUT2D eigenvalue weighted by atomic mass is 10.2. The summed E-state index contributed by atoms with van der Waals surface area (Å²) in [5, 5.41) is 5.03. The molecule has 8 heteroatoms. The molecule has 0 fully saturated rings. The summed E-state index contributed by atoms with van der Waals surface area (Å²) >= 11 is 0. The van der Waals surface area contributed by atoms with Crippen molar-refractivity contribution in [3.63, 3.8) is 0 Å². The summed E-state index contributed by atoms with van der Waals surface area (Å²) in [5.74, 6) is -0.754. The minimum Gasteiger partial charge on any atom is -0.343 e. The fourth-order valence-electron chi connectivity index (χ4n) is 1.76. The zero-order chi connectivity index (χ0) is 17.5. The van der Waals surface area contributed by atoms with Crippen molar-refractivity contribution in [1.29, 1.82) is 0 Å². The quantitative estimate of drug-likeness (QED) is 0.645. The van der Waals surface area contributed by atoms with Gasteiger partial charge in [0.1, 0.15) is 0 Å². The number of allylic oxidation sites excluding steroid dienone is 1. The van der Waals surface area contributed by atoms with E-state index in [1.54, 1.807) is 19.1 Å². The third-order valence-electron chi connectivity index (χ3n) is 2.97. The molecule has 1 aromatic rings. The minimum atomic E-state index is -3.58. The Bertz CT molecular complexity index is 711. The number of carbonyl (C=O) groups is 2. The molecule has 3 N–H and O–H groups in total. The topological polar surface area (TPSA) is 104 Å². The summed E-state index contributed by atoms with van der Waals surface area (Å²) in [6.07, 6.45) is 2.50. The van der Waals surface area contributed by atoms with Crippen LogP contribution in [0.25, 0.3) is 0 Å². The number of rotatable bonds is 7. The van der Waals surface area contributed by atoms with Gasteiger partial charge >= 0.3 is 0 Å². The van der Waals surface area contributed by atoms with Crippen LogP contribution in [0.15, 0.2) is 40.8 Å². The molecule has 1 aromatic carbocycles. The van der Waals surface area contributed by atoms with Gasteiger partial charge in [0.05, 0.1) is 11.4 Å². The second-order valence-electron chi connectivity index (χ2n) is 4.76. The number of carbonyl (C=O) groups excluding carboxylic acids is 2. The van der Waals surface area contributed by atoms with Crippen LogP contribution >= 0.6 is 0 Å². The molecule has 126 valence electrons. The van der Waals surface area contributed by atoms with Gasteiger partial charge in [-0.15, -0.1) is 0 Å². The molecule has 0 saturated heterocycles. The fraction of sp³-hybridized carbons (Fsp3) is 0.333. The first kappa shape index (κ1) is 18.9. The standard InChI is InChI=1S/C15H21N3O4S/c1-4-6-11(2)15(20)17-10-14(19)18-12-7-5-8-13(9-12)23(21,22)16-3/h5-9,16H,4,10H2,1-3H3,(H,17,20)(H,18,19). The Balaban J connectivity index is 2.67. The molecular formula is C15H21N3O4S. The molecule has 7 nitrogen and oxygen atoms in total. The minimum absolute atomic E-state index is 0.0450. The van der Waals surface area contributed by atoms with E-state index in [0.717, 1.165) is 6.42 Å². The summed E-state index contributed by atoms with van der Waals surface area (Å²) in [6, 6.07) is 5.85. The van der Waals surface area contributed by atoms with Crippen molar-refractivity contribution in [2.75, 3.05) is 18.9 Å². The van der Waals surface area contributed by atoms with E-state index >= 15 is 0 Å². The first-order valence-corrected chi connectivity index (χ1v) is 8.57. The molecule has 0 atom stereocenters. The smallest absolute Gasteiger partial charge is 0.247 e. The zero-order valence-corrected chi connectivity index (χ0v) is 14.2. The summed E-state index contributed by atoms with van der Waals surface area (Å²) in [4.78, 5) is 23.5. The molecular weight excluding hydrogens is 318 g/mol. The van der Waals surface area contributed by atoms with Gasteiger partial charge in [-0.3, -0.25) is 9.59 Å². The molecule has 0 unspecified atom stereocenters. The second-order valence-corrected chi connectivity index (χ2v) is 6.65. The molecule has 0 spiro atoms. The van der Waals surface area contributed by atoms with Crippen LogP contribution in [0.5, 0.6) is 0 Å². The average molecular weight is 339 g/mol. The number of nitrogens with one attached hydrogen (secondary N) is 3. The van der Waals surface area contributed by atoms with Crippen molar-refractivity contribution in [3.05, 3.63) is 35.9 Å². The van der Waals surface area contributed by atoms with Crippen LogP contribution in [-0.2, 0) is 19.6 Å². The van der Waals surface area contributed by atoms with Gasteiger partial charge in [-0.2, -0.15) is 0 Å². The van der Waals surface area contributed by atoms with Gasteiger partial charge in [0.15, 0.2) is 0 Å². The Kier molecular flexibility index (Phi) is 6.92. The van der Waals surface area contributed by atoms with Gasteiger partial charge in [0.25, 0.3) is 0 Å². The third kappa shape index (κ3) is 5.84. The van der Waals surface area contributed by atoms with Gasteiger partial charge in [-0.25, -0.2) is 13.1 Å². The van der Waals surface area contributed by atoms with Crippen LogP contribution in [0.2, 0.25) is 0 Å². The molecule has 0 bridgehead atoms. The first-order chi connectivity index (χ1) is 10.8. The molecule has 0 aromatic heterocycles. The van der Waals surface area contributed by atoms with Crippen molar-refractivity contribution in [2.45, 2.75) is 25.2 Å². The van der Waals surface area contributed by atoms with Gasteiger partial charge in [0.2, 0.25) is 21.8 Å². The molecule has 0 saturated carbocycles. The monoisotopic (exact) mass is 339 g/mol. The number of hydrogen-bond donors (Lipinski definition) is 3. The van der Waals surface area contributed by atoms with Crippen molar-refractivity contribution in [3.8, 4) is 0 Å². The Hall–Kier alpha value is -2.19. The normalized spacial score (nSPS) is 11.9. The first-order valence-electron chi connectivity index (χ1n) is 7.08. The summed E-state index contributed by atoms with van der Waals surface area (Å²) in [6.45, 7) is 3.38. The van der Waals surface area contributed by atoms with Crippen molar-refractivity contribution < 1.29 is 18.0 Å². The molecule has 0 aliphatic heterocycles. The fourth-order valence-corrected chi connectivity index (χ4v) is 2.54. The highest BCUT2D eigenvalue weighted by atomic mass is 32.2. The molecule has 0 radical (unpaired) electrons. The van der Waals surface area contributed by atoms with Crippen LogP contribution in [0.4, 0.5) is 5.69 Å². The Morgan fingerprint density at radius 2 is 1.96 bits per heavy atom. The number of sulfonamides is 1. The SMILES string of the molecule is CCC=C(C)C(=O)NCC(=O)Nc1cccc(S(=O)(=O)NC)c1. The lowest BCUT2D eigenvalue weighted by Gasteiger charge is -2.09. The Morgan fingerprint density at radius 1 is 1.26 bits per heavy atom. The largest absolute Gasteiger partial charge is 0.343 e. The molecule has 1 rings (SSSR count). The number of anilines is 1. The van der Waals surface area contributed by atoms with Crippen LogP contribution in [0, 0.1) is 0 Å². The van der Waals surface area contributed by atoms with Crippen LogP contribution in [-0.4, -0.2) is 33.8 Å². The van der Waals surface area contributed by atoms with E-state index in [-0.39, 0.29) is 17.3 Å². The van der Waals surface area contributed by atoms with Gasteiger partial charge in [0, 0.05) is 11.3 Å². The van der Waals surface area contributed by atoms with Crippen LogP contribution in [0.3, 0.4) is 0 Å². The van der Waals surface area contributed by atoms with Crippen LogP contribution in [0.1, 0.15) is 20.3 Å². The maximum absolute atomic E-state index is 11.8. The van der Waals surface area contributed by atoms with Crippen LogP contribution < -0.4 is 15.4 Å². The summed E-state index contributed by atoms with van der Waals surface area (Å²) in [7, 11) is -2.27. The Morgan fingerprint density at radius 3 is 2.57 bits per heavy atom. The number of hydrogen-bond acceptors (Lipinski definition) is 4. The lowest BCUT2D eigenvalue weighted by Crippen LogP contribution is -2.33. The zero-order valence-electron chi connectivity index (χ0n) is 13.3. The van der Waals surface area contributed by atoms with E-state index in [4.69, 9.17) is 0 Å². The maximum atomic E-state index is 11.8. The van der Waals surface area contributed by atoms with E-state index in [0.29, 0.717) is 11.3 Å². The third-order valence-corrected chi connectivity index (χ3v) is 4.39. The Labute approximate surface area is 136 Å². The predicted molar refractivity (Wildman–Crippen MR) is 88.4 cm³/mol. The lowest BCUT2D eigenvalue weighted by molar-refractivity contribution is -0.121. The summed E-state index contributed by atoms with van der Waals surface area (Å²) < 4.78 is 25.6. The highest BCUT2D eigenvalue weighted by molar-refractivity contribution is 7.89. The molecule has 0 aliphatic rings. The molecule has 0 aliphatic carbocycles. The van der Waals surface area contributed by atoms with E-state index in [9.17, 15) is 18.0 Å². The predicted octanol–water partition coefficient (Wildman–Crippen LogP) is 1.01. The highest BCUT2D eigenvalue weighted by Gasteiger charge is 2.12. The molecule has 23 heavy (non-hydrogen) atoms. The van der Waals surface area contributed by atoms with E-state index in [2.05, 4.69) is 15.4 Å². The van der Waals surface area contributed by atoms with Crippen molar-refractivity contribution in [2.24, 2.45) is 0 Å². The van der Waals surface area contributed by atoms with Crippen molar-refractivity contribution >= 4 is 27.5 Å². The van der Waals surface area contributed by atoms with Crippen molar-refractivity contribution in [1.82, 2.24) is 10.0 Å². The van der Waals surface area contributed by atoms with Gasteiger partial charge < -0.3 is 10.6 Å². The molecule has 2 amide bonds. The highest BCUT2D eigenvalue weighted by Crippen LogP contribution is 2.14. The van der Waals surface area contributed by atoms with Gasteiger partial charge in [-0.1, -0.05) is 19.1 Å².